The molecular weight excluding hydrogens is 488 g/mol. The quantitative estimate of drug-likeness (QED) is 0.492. The minimum atomic E-state index is -3.93. The third kappa shape index (κ3) is 6.00. The maximum Gasteiger partial charge on any atom is 0.279 e. The molecule has 0 atom stereocenters. The Morgan fingerprint density at radius 1 is 1.09 bits per heavy atom. The van der Waals surface area contributed by atoms with Crippen LogP contribution in [0.3, 0.4) is 0 Å². The molecule has 0 radical (unpaired) electrons. The highest BCUT2D eigenvalue weighted by atomic mass is 32.2. The lowest BCUT2D eigenvalue weighted by atomic mass is 10.2. The molecule has 12 heteroatoms. The van der Waals surface area contributed by atoms with Crippen molar-refractivity contribution in [2.24, 2.45) is 12.0 Å². The number of hydrogen-bond donors (Lipinski definition) is 1. The average molecular weight is 511 g/mol. The van der Waals surface area contributed by atoms with Gasteiger partial charge in [-0.2, -0.15) is 19.8 Å². The van der Waals surface area contributed by atoms with Gasteiger partial charge in [-0.15, -0.1) is 0 Å². The normalized spacial score (nSPS) is 11.9. The van der Waals surface area contributed by atoms with Gasteiger partial charge in [0.2, 0.25) is 15.9 Å². The predicted octanol–water partition coefficient (Wildman–Crippen LogP) is 2.76. The predicted molar refractivity (Wildman–Crippen MR) is 131 cm³/mol. The Labute approximate surface area is 206 Å². The fraction of sp³-hybridized carbons (Fsp3) is 0.261. The number of aromatic nitrogens is 1. The van der Waals surface area contributed by atoms with E-state index in [0.717, 1.165) is 14.5 Å². The molecule has 0 saturated heterocycles. The molecule has 1 heterocycles. The van der Waals surface area contributed by atoms with Gasteiger partial charge in [-0.3, -0.25) is 9.59 Å². The van der Waals surface area contributed by atoms with Crippen LogP contribution in [0.5, 0.6) is 0 Å². The lowest BCUT2D eigenvalue weighted by Gasteiger charge is -2.20. The first-order chi connectivity index (χ1) is 16.7. The van der Waals surface area contributed by atoms with Crippen molar-refractivity contribution in [2.75, 3.05) is 18.4 Å². The molecule has 0 aliphatic carbocycles. The van der Waals surface area contributed by atoms with E-state index in [4.69, 9.17) is 10.5 Å². The molecule has 0 aliphatic heterocycles. The number of thiazole rings is 1. The van der Waals surface area contributed by atoms with Crippen LogP contribution in [0.2, 0.25) is 0 Å². The molecule has 0 saturated carbocycles. The zero-order valence-corrected chi connectivity index (χ0v) is 20.7. The zero-order valence-electron chi connectivity index (χ0n) is 19.1. The number of aryl methyl sites for hydroxylation is 1. The molecular formula is C23H22N6O4S2. The summed E-state index contributed by atoms with van der Waals surface area (Å²) in [5, 5.41) is 20.3. The fourth-order valence-electron chi connectivity index (χ4n) is 3.29. The molecule has 3 rings (SSSR count). The SMILES string of the molecule is CC(=O)Nc1ccc2c(c1)sc(=NC(=O)c1ccc(S(=O)(=O)N(CCC#N)CCC#N)cc1)n2C. The molecule has 180 valence electrons. The topological polar surface area (TPSA) is 148 Å². The summed E-state index contributed by atoms with van der Waals surface area (Å²) >= 11 is 1.28. The standard InChI is InChI=1S/C23H22N6O4S2/c1-16(30)26-18-7-10-20-21(15-18)34-23(28(20)2)27-22(31)17-5-8-19(9-6-17)35(32,33)29(13-3-11-24)14-4-12-25/h5-10,15H,3-4,13-14H2,1-2H3,(H,26,30). The fourth-order valence-corrected chi connectivity index (χ4v) is 5.79. The van der Waals surface area contributed by atoms with Gasteiger partial charge < -0.3 is 9.88 Å². The Morgan fingerprint density at radius 2 is 1.71 bits per heavy atom. The first-order valence-corrected chi connectivity index (χ1v) is 12.7. The molecule has 2 aromatic carbocycles. The Hall–Kier alpha value is -3.84. The van der Waals surface area contributed by atoms with Crippen molar-refractivity contribution >= 4 is 49.1 Å². The molecule has 0 bridgehead atoms. The van der Waals surface area contributed by atoms with Crippen molar-refractivity contribution in [2.45, 2.75) is 24.7 Å². The maximum atomic E-state index is 12.9. The third-order valence-corrected chi connectivity index (χ3v) is 8.02. The van der Waals surface area contributed by atoms with Gasteiger partial charge in [0.25, 0.3) is 5.91 Å². The Kier molecular flexibility index (Phi) is 8.14. The number of nitrogens with one attached hydrogen (secondary N) is 1. The van der Waals surface area contributed by atoms with E-state index in [-0.39, 0.29) is 42.3 Å². The molecule has 1 N–H and O–H groups in total. The highest BCUT2D eigenvalue weighted by Gasteiger charge is 2.24. The van der Waals surface area contributed by atoms with E-state index in [1.54, 1.807) is 23.7 Å². The van der Waals surface area contributed by atoms with Crippen LogP contribution in [-0.4, -0.2) is 42.2 Å². The molecule has 0 fully saturated rings. The summed E-state index contributed by atoms with van der Waals surface area (Å²) in [5.74, 6) is -0.724. The molecule has 35 heavy (non-hydrogen) atoms. The van der Waals surface area contributed by atoms with Gasteiger partial charge in [0.05, 0.1) is 27.3 Å². The number of carbonyl (C=O) groups excluding carboxylic acids is 2. The van der Waals surface area contributed by atoms with Gasteiger partial charge in [0, 0.05) is 51.2 Å². The van der Waals surface area contributed by atoms with Crippen molar-refractivity contribution < 1.29 is 18.0 Å². The van der Waals surface area contributed by atoms with Crippen LogP contribution in [0.25, 0.3) is 10.2 Å². The number of nitriles is 2. The summed E-state index contributed by atoms with van der Waals surface area (Å²) in [5.41, 5.74) is 1.69. The maximum absolute atomic E-state index is 12.9. The molecule has 10 nitrogen and oxygen atoms in total. The molecule has 3 aromatic rings. The van der Waals surface area contributed by atoms with E-state index in [1.807, 2.05) is 18.2 Å². The smallest absolute Gasteiger partial charge is 0.279 e. The van der Waals surface area contributed by atoms with E-state index in [2.05, 4.69) is 10.3 Å². The summed E-state index contributed by atoms with van der Waals surface area (Å²) in [6.45, 7) is 1.37. The van der Waals surface area contributed by atoms with Crippen LogP contribution in [0.4, 0.5) is 5.69 Å². The van der Waals surface area contributed by atoms with E-state index in [1.165, 1.54) is 42.5 Å². The first-order valence-electron chi connectivity index (χ1n) is 10.5. The number of anilines is 1. The molecule has 0 spiro atoms. The minimum absolute atomic E-state index is 0.00139. The van der Waals surface area contributed by atoms with Gasteiger partial charge in [0.1, 0.15) is 0 Å². The van der Waals surface area contributed by atoms with Crippen molar-refractivity contribution in [3.8, 4) is 12.1 Å². The van der Waals surface area contributed by atoms with Crippen LogP contribution in [-0.2, 0) is 21.9 Å². The van der Waals surface area contributed by atoms with Gasteiger partial charge in [-0.25, -0.2) is 8.42 Å². The monoisotopic (exact) mass is 510 g/mol. The Bertz CT molecular complexity index is 1510. The summed E-state index contributed by atoms with van der Waals surface area (Å²) in [6, 6.07) is 14.6. The van der Waals surface area contributed by atoms with Gasteiger partial charge in [0.15, 0.2) is 4.80 Å². The number of hydrogen-bond acceptors (Lipinski definition) is 7. The number of sulfonamides is 1. The van der Waals surface area contributed by atoms with Crippen LogP contribution in [0.1, 0.15) is 30.1 Å². The number of carbonyl (C=O) groups is 2. The zero-order chi connectivity index (χ0) is 25.6. The largest absolute Gasteiger partial charge is 0.326 e. The highest BCUT2D eigenvalue weighted by Crippen LogP contribution is 2.22. The Morgan fingerprint density at radius 3 is 2.29 bits per heavy atom. The van der Waals surface area contributed by atoms with Gasteiger partial charge >= 0.3 is 0 Å². The second-order valence-corrected chi connectivity index (χ2v) is 10.4. The van der Waals surface area contributed by atoms with Crippen molar-refractivity contribution in [1.82, 2.24) is 8.87 Å². The number of nitrogens with zero attached hydrogens (tertiary/aromatic N) is 5. The number of fused-ring (bicyclic) bond motifs is 1. The van der Waals surface area contributed by atoms with E-state index in [9.17, 15) is 18.0 Å². The second kappa shape index (κ2) is 11.1. The van der Waals surface area contributed by atoms with Crippen LogP contribution < -0.4 is 10.1 Å². The molecule has 0 aliphatic rings. The Balaban J connectivity index is 1.88. The summed E-state index contributed by atoms with van der Waals surface area (Å²) in [7, 11) is -2.15. The summed E-state index contributed by atoms with van der Waals surface area (Å²) in [6.07, 6.45) is -0.00278. The second-order valence-electron chi connectivity index (χ2n) is 7.47. The summed E-state index contributed by atoms with van der Waals surface area (Å²) < 4.78 is 29.5. The third-order valence-electron chi connectivity index (χ3n) is 5.01. The molecule has 0 unspecified atom stereocenters. The van der Waals surface area contributed by atoms with E-state index in [0.29, 0.717) is 10.5 Å². The molecule has 1 aromatic heterocycles. The minimum Gasteiger partial charge on any atom is -0.326 e. The van der Waals surface area contributed by atoms with Gasteiger partial charge in [-0.1, -0.05) is 11.3 Å². The van der Waals surface area contributed by atoms with Crippen LogP contribution in [0, 0.1) is 22.7 Å². The van der Waals surface area contributed by atoms with Crippen LogP contribution >= 0.6 is 11.3 Å². The summed E-state index contributed by atoms with van der Waals surface area (Å²) in [4.78, 5) is 28.7. The lowest BCUT2D eigenvalue weighted by Crippen LogP contribution is -2.32. The molecule has 2 amide bonds. The van der Waals surface area contributed by atoms with Crippen molar-refractivity contribution in [3.05, 3.63) is 52.8 Å². The first kappa shape index (κ1) is 25.8. The average Bonchev–Trinajstić information content (AvgIpc) is 3.13. The number of benzene rings is 2. The van der Waals surface area contributed by atoms with Crippen molar-refractivity contribution in [1.29, 1.82) is 10.5 Å². The van der Waals surface area contributed by atoms with E-state index >= 15 is 0 Å². The number of rotatable bonds is 8. The number of amides is 2. The van der Waals surface area contributed by atoms with Gasteiger partial charge in [-0.05, 0) is 42.5 Å². The van der Waals surface area contributed by atoms with Crippen LogP contribution in [0.15, 0.2) is 52.4 Å². The lowest BCUT2D eigenvalue weighted by molar-refractivity contribution is -0.114. The highest BCUT2D eigenvalue weighted by molar-refractivity contribution is 7.89. The van der Waals surface area contributed by atoms with Crippen molar-refractivity contribution in [3.63, 3.8) is 0 Å². The van der Waals surface area contributed by atoms with E-state index < -0.39 is 15.9 Å².